The van der Waals surface area contributed by atoms with E-state index in [1.807, 2.05) is 13.8 Å². The molecule has 1 heterocycles. The van der Waals surface area contributed by atoms with Crippen LogP contribution in [0.3, 0.4) is 0 Å². The van der Waals surface area contributed by atoms with Crippen LogP contribution in [0.2, 0.25) is 0 Å². The summed E-state index contributed by atoms with van der Waals surface area (Å²) >= 11 is 0. The second-order valence-electron chi connectivity index (χ2n) is 10.0. The highest BCUT2D eigenvalue weighted by Crippen LogP contribution is 2.34. The Morgan fingerprint density at radius 1 is 1.27 bits per heavy atom. The number of halogens is 1. The fourth-order valence-electron chi connectivity index (χ4n) is 4.60. The minimum Gasteiger partial charge on any atom is -0.490 e. The number of nitrogens with zero attached hydrogens (tertiary/aromatic N) is 1. The normalized spacial score (nSPS) is 26.6. The van der Waals surface area contributed by atoms with Crippen molar-refractivity contribution in [2.45, 2.75) is 70.6 Å². The number of nitrogens with two attached hydrogens (primary N) is 1. The van der Waals surface area contributed by atoms with Crippen molar-refractivity contribution in [3.63, 3.8) is 0 Å². The van der Waals surface area contributed by atoms with E-state index in [2.05, 4.69) is 5.32 Å². The van der Waals surface area contributed by atoms with Crippen molar-refractivity contribution in [2.75, 3.05) is 11.5 Å². The first kappa shape index (κ1) is 23.7. The molecule has 0 aromatic heterocycles. The lowest BCUT2D eigenvalue weighted by atomic mass is 9.81. The molecule has 33 heavy (non-hydrogen) atoms. The van der Waals surface area contributed by atoms with Gasteiger partial charge in [-0.15, -0.1) is 0 Å². The number of benzene rings is 1. The van der Waals surface area contributed by atoms with Crippen molar-refractivity contribution in [1.82, 2.24) is 5.32 Å². The van der Waals surface area contributed by atoms with Crippen molar-refractivity contribution in [1.29, 1.82) is 0 Å². The van der Waals surface area contributed by atoms with Crippen LogP contribution in [0.1, 0.15) is 58.4 Å². The second-order valence-corrected chi connectivity index (χ2v) is 12.1. The molecular formula is C24H32FN3O4S. The third kappa shape index (κ3) is 5.57. The molecule has 1 aliphatic heterocycles. The maximum atomic E-state index is 14.7. The van der Waals surface area contributed by atoms with Crippen LogP contribution in [-0.2, 0) is 14.6 Å². The van der Waals surface area contributed by atoms with E-state index in [1.54, 1.807) is 19.1 Å². The maximum absolute atomic E-state index is 14.7. The van der Waals surface area contributed by atoms with Crippen LogP contribution in [0.15, 0.2) is 28.8 Å². The zero-order valence-electron chi connectivity index (χ0n) is 19.4. The Morgan fingerprint density at radius 3 is 2.58 bits per heavy atom. The van der Waals surface area contributed by atoms with Gasteiger partial charge in [0.15, 0.2) is 9.84 Å². The summed E-state index contributed by atoms with van der Waals surface area (Å²) in [5.74, 6) is -0.423. The summed E-state index contributed by atoms with van der Waals surface area (Å²) in [6.07, 6.45) is 3.59. The van der Waals surface area contributed by atoms with E-state index in [0.717, 1.165) is 18.4 Å². The number of nitrogens with one attached hydrogen (secondary N) is 1. The second kappa shape index (κ2) is 8.74. The summed E-state index contributed by atoms with van der Waals surface area (Å²) in [6, 6.07) is 4.60. The average Bonchev–Trinajstić information content (AvgIpc) is 3.50. The number of aliphatic imine (C=N–C) groups is 1. The number of carbonyl (C=O) groups excluding carboxylic acids is 1. The molecule has 1 saturated heterocycles. The Kier molecular flexibility index (Phi) is 6.28. The fraction of sp³-hybridized carbons (Fsp3) is 0.583. The van der Waals surface area contributed by atoms with Gasteiger partial charge in [-0.25, -0.2) is 12.8 Å². The van der Waals surface area contributed by atoms with Gasteiger partial charge in [0.2, 0.25) is 5.91 Å². The Morgan fingerprint density at radius 2 is 1.97 bits per heavy atom. The average molecular weight is 478 g/mol. The van der Waals surface area contributed by atoms with Gasteiger partial charge in [0.1, 0.15) is 11.6 Å². The number of rotatable bonds is 6. The molecule has 0 unspecified atom stereocenters. The van der Waals surface area contributed by atoms with Crippen LogP contribution in [0.4, 0.5) is 4.39 Å². The number of carbonyl (C=O) groups is 1. The molecule has 2 saturated carbocycles. The number of hydrogen-bond donors (Lipinski definition) is 2. The van der Waals surface area contributed by atoms with Gasteiger partial charge in [-0.1, -0.05) is 0 Å². The Balaban J connectivity index is 1.56. The molecule has 0 bridgehead atoms. The predicted molar refractivity (Wildman–Crippen MR) is 126 cm³/mol. The number of amides is 1. The molecule has 7 nitrogen and oxygen atoms in total. The van der Waals surface area contributed by atoms with E-state index in [4.69, 9.17) is 15.5 Å². The van der Waals surface area contributed by atoms with Crippen LogP contribution in [0.5, 0.6) is 5.75 Å². The monoisotopic (exact) mass is 477 g/mol. The van der Waals surface area contributed by atoms with Gasteiger partial charge in [-0.3, -0.25) is 9.79 Å². The van der Waals surface area contributed by atoms with E-state index in [0.29, 0.717) is 36.4 Å². The van der Waals surface area contributed by atoms with Crippen molar-refractivity contribution >= 4 is 27.2 Å². The van der Waals surface area contributed by atoms with Crippen molar-refractivity contribution < 1.29 is 22.3 Å². The Labute approximate surface area is 194 Å². The third-order valence-electron chi connectivity index (χ3n) is 6.20. The fourth-order valence-corrected chi connectivity index (χ4v) is 6.60. The van der Waals surface area contributed by atoms with Crippen LogP contribution >= 0.6 is 0 Å². The zero-order valence-corrected chi connectivity index (χ0v) is 20.2. The minimum atomic E-state index is -3.06. The summed E-state index contributed by atoms with van der Waals surface area (Å²) in [6.45, 7) is 5.63. The molecule has 1 aromatic rings. The molecule has 3 aliphatic rings. The molecule has 3 fully saturated rings. The van der Waals surface area contributed by atoms with Crippen molar-refractivity contribution in [2.24, 2.45) is 16.6 Å². The SMILES string of the molecule is CC(C)N=C1C[C@H](C(=O)NC2(C)CS(=O)(=O)C2)CCC1=C(N)c1cc(OC2CC2)ccc1F. The predicted octanol–water partition coefficient (Wildman–Crippen LogP) is 2.99. The summed E-state index contributed by atoms with van der Waals surface area (Å²) < 4.78 is 43.6. The minimum absolute atomic E-state index is 0.0201. The lowest BCUT2D eigenvalue weighted by Gasteiger charge is -2.40. The standard InChI is InChI=1S/C24H32FN3O4S/c1-14(2)27-21-10-15(23(29)28-24(3)12-33(30,31)13-24)4-8-18(21)22(26)19-11-17(7-9-20(19)25)32-16-5-6-16/h7,9,11,14-16H,4-6,8,10,12-13,26H2,1-3H3,(H,28,29)/t15-/m1/s1. The highest BCUT2D eigenvalue weighted by atomic mass is 32.2. The van der Waals surface area contributed by atoms with E-state index < -0.39 is 21.2 Å². The smallest absolute Gasteiger partial charge is 0.223 e. The number of allylic oxidation sites excluding steroid dienone is 1. The van der Waals surface area contributed by atoms with Gasteiger partial charge in [-0.05, 0) is 70.2 Å². The molecule has 1 atom stereocenters. The van der Waals surface area contributed by atoms with Gasteiger partial charge in [0, 0.05) is 35.4 Å². The van der Waals surface area contributed by atoms with Gasteiger partial charge >= 0.3 is 0 Å². The van der Waals surface area contributed by atoms with E-state index in [-0.39, 0.29) is 41.0 Å². The van der Waals surface area contributed by atoms with Crippen LogP contribution < -0.4 is 15.8 Å². The molecule has 9 heteroatoms. The molecule has 1 amide bonds. The molecule has 3 N–H and O–H groups in total. The lowest BCUT2D eigenvalue weighted by molar-refractivity contribution is -0.126. The number of hydrogen-bond acceptors (Lipinski definition) is 6. The van der Waals surface area contributed by atoms with Crippen LogP contribution in [0.25, 0.3) is 5.70 Å². The zero-order chi connectivity index (χ0) is 24.0. The molecule has 0 spiro atoms. The van der Waals surface area contributed by atoms with Crippen molar-refractivity contribution in [3.05, 3.63) is 35.2 Å². The Bertz CT molecular complexity index is 1110. The van der Waals surface area contributed by atoms with Gasteiger partial charge in [0.25, 0.3) is 0 Å². The summed E-state index contributed by atoms with van der Waals surface area (Å²) in [5.41, 5.74) is 7.82. The topological polar surface area (TPSA) is 111 Å². The highest BCUT2D eigenvalue weighted by molar-refractivity contribution is 7.93. The van der Waals surface area contributed by atoms with E-state index >= 15 is 0 Å². The summed E-state index contributed by atoms with van der Waals surface area (Å²) in [7, 11) is -3.06. The molecule has 180 valence electrons. The van der Waals surface area contributed by atoms with E-state index in [1.165, 1.54) is 6.07 Å². The third-order valence-corrected chi connectivity index (χ3v) is 8.35. The maximum Gasteiger partial charge on any atom is 0.223 e. The quantitative estimate of drug-likeness (QED) is 0.654. The van der Waals surface area contributed by atoms with Gasteiger partial charge in [-0.2, -0.15) is 0 Å². The Hall–Kier alpha value is -2.42. The molecule has 0 radical (unpaired) electrons. The molecule has 1 aromatic carbocycles. The number of sulfone groups is 1. The van der Waals surface area contributed by atoms with Crippen molar-refractivity contribution in [3.8, 4) is 5.75 Å². The van der Waals surface area contributed by atoms with Crippen LogP contribution in [-0.4, -0.2) is 49.2 Å². The lowest BCUT2D eigenvalue weighted by Crippen LogP contribution is -2.64. The first-order chi connectivity index (χ1) is 15.4. The summed E-state index contributed by atoms with van der Waals surface area (Å²) in [5, 5.41) is 2.91. The summed E-state index contributed by atoms with van der Waals surface area (Å²) in [4.78, 5) is 17.6. The van der Waals surface area contributed by atoms with Gasteiger partial charge < -0.3 is 15.8 Å². The largest absolute Gasteiger partial charge is 0.490 e. The first-order valence-electron chi connectivity index (χ1n) is 11.5. The van der Waals surface area contributed by atoms with Crippen LogP contribution in [0, 0.1) is 11.7 Å². The molecule has 4 rings (SSSR count). The van der Waals surface area contributed by atoms with E-state index in [9.17, 15) is 17.6 Å². The number of ether oxygens (including phenoxy) is 1. The highest BCUT2D eigenvalue weighted by Gasteiger charge is 2.46. The molecule has 2 aliphatic carbocycles. The first-order valence-corrected chi connectivity index (χ1v) is 13.3. The van der Waals surface area contributed by atoms with Gasteiger partial charge in [0.05, 0.1) is 23.1 Å². The molecular weight excluding hydrogens is 445 g/mol.